The molecular weight excluding hydrogens is 400 g/mol. The van der Waals surface area contributed by atoms with E-state index in [-0.39, 0.29) is 23.9 Å². The van der Waals surface area contributed by atoms with Gasteiger partial charge in [0.1, 0.15) is 5.78 Å². The molecule has 1 heterocycles. The van der Waals surface area contributed by atoms with E-state index in [0.717, 1.165) is 45.9 Å². The summed E-state index contributed by atoms with van der Waals surface area (Å²) in [7, 11) is -3.48. The van der Waals surface area contributed by atoms with Crippen molar-refractivity contribution in [3.63, 3.8) is 0 Å². The van der Waals surface area contributed by atoms with Gasteiger partial charge in [-0.15, -0.1) is 0 Å². The van der Waals surface area contributed by atoms with Crippen LogP contribution in [0, 0.1) is 5.92 Å². The van der Waals surface area contributed by atoms with E-state index in [9.17, 15) is 18.4 Å². The maximum absolute atomic E-state index is 12.4. The molecule has 0 aromatic carbocycles. The molecule has 0 spiro atoms. The summed E-state index contributed by atoms with van der Waals surface area (Å²) in [5, 5.41) is 11.8. The Morgan fingerprint density at radius 2 is 1.93 bits per heavy atom. The summed E-state index contributed by atoms with van der Waals surface area (Å²) in [6.07, 6.45) is 14.7. The Bertz CT molecular complexity index is 1110. The molecule has 4 rings (SSSR count). The number of rotatable bonds is 6. The number of carbonyl (C=O) groups is 1. The molecular formula is C23H26N2O4S. The number of hydrogen-bond donors (Lipinski definition) is 1. The van der Waals surface area contributed by atoms with Gasteiger partial charge in [0.05, 0.1) is 22.9 Å². The number of ketones is 1. The van der Waals surface area contributed by atoms with Crippen molar-refractivity contribution in [2.75, 3.05) is 5.75 Å². The minimum absolute atomic E-state index is 0.0379. The summed E-state index contributed by atoms with van der Waals surface area (Å²) in [5.41, 5.74) is 5.44. The second-order valence-electron chi connectivity index (χ2n) is 7.90. The van der Waals surface area contributed by atoms with Crippen LogP contribution in [-0.2, 0) is 14.8 Å². The Morgan fingerprint density at radius 1 is 1.17 bits per heavy atom. The zero-order chi connectivity index (χ0) is 21.5. The minimum atomic E-state index is -3.48. The average molecular weight is 427 g/mol. The highest BCUT2D eigenvalue weighted by atomic mass is 32.2. The molecule has 6 nitrogen and oxygen atoms in total. The highest BCUT2D eigenvalue weighted by molar-refractivity contribution is 7.90. The number of hydroxylamine groups is 2. The molecule has 0 atom stereocenters. The summed E-state index contributed by atoms with van der Waals surface area (Å²) < 4.78 is 27.9. The third kappa shape index (κ3) is 4.04. The van der Waals surface area contributed by atoms with Crippen LogP contribution in [0.5, 0.6) is 0 Å². The van der Waals surface area contributed by atoms with E-state index in [0.29, 0.717) is 24.3 Å². The molecule has 0 aromatic heterocycles. The molecule has 1 fully saturated rings. The lowest BCUT2D eigenvalue weighted by Gasteiger charge is -2.29. The number of Topliss-reactive ketones (excluding diaryl/α,β-unsaturated/α-hetero) is 1. The van der Waals surface area contributed by atoms with Crippen LogP contribution < -0.4 is 0 Å². The van der Waals surface area contributed by atoms with Crippen molar-refractivity contribution >= 4 is 21.5 Å². The molecule has 30 heavy (non-hydrogen) atoms. The second-order valence-corrected chi connectivity index (χ2v) is 9.83. The molecule has 0 amide bonds. The number of hydrogen-bond acceptors (Lipinski definition) is 5. The van der Waals surface area contributed by atoms with E-state index < -0.39 is 10.0 Å². The molecule has 7 heteroatoms. The molecule has 1 N–H and O–H groups in total. The smallest absolute Gasteiger partial charge is 0.253 e. The van der Waals surface area contributed by atoms with Crippen molar-refractivity contribution < 1.29 is 18.4 Å². The van der Waals surface area contributed by atoms with Gasteiger partial charge >= 0.3 is 0 Å². The molecule has 0 bridgehead atoms. The van der Waals surface area contributed by atoms with Gasteiger partial charge in [-0.2, -0.15) is 4.40 Å². The van der Waals surface area contributed by atoms with Crippen molar-refractivity contribution in [3.8, 4) is 0 Å². The number of allylic oxidation sites excluding steroid dienone is 11. The zero-order valence-electron chi connectivity index (χ0n) is 17.3. The molecule has 3 aliphatic carbocycles. The monoisotopic (exact) mass is 426 g/mol. The van der Waals surface area contributed by atoms with Crippen LogP contribution in [0.15, 0.2) is 74.5 Å². The molecule has 158 valence electrons. The molecule has 0 saturated heterocycles. The molecule has 0 radical (unpaired) electrons. The third-order valence-corrected chi connectivity index (χ3v) is 7.00. The van der Waals surface area contributed by atoms with Gasteiger partial charge in [0.25, 0.3) is 10.0 Å². The van der Waals surface area contributed by atoms with E-state index in [1.807, 2.05) is 37.3 Å². The van der Waals surface area contributed by atoms with Crippen LogP contribution in [0.25, 0.3) is 0 Å². The van der Waals surface area contributed by atoms with Crippen LogP contribution in [0.2, 0.25) is 0 Å². The van der Waals surface area contributed by atoms with Crippen LogP contribution in [0.4, 0.5) is 0 Å². The van der Waals surface area contributed by atoms with Gasteiger partial charge in [-0.3, -0.25) is 10.0 Å². The Kier molecular flexibility index (Phi) is 5.51. The standard InChI is InChI=1S/C23H26N2O4S/c1-3-15-12-17(10-11-21(15)24-30(28,29)4-2)20-13-18(14-23(26)16-8-9-16)25(27)22-7-5-6-19(20)22/h5-6,10-13,16,27H,3-4,7-9,14H2,1-2H3. The summed E-state index contributed by atoms with van der Waals surface area (Å²) in [4.78, 5) is 12.4. The van der Waals surface area contributed by atoms with Crippen LogP contribution in [-0.4, -0.2) is 35.9 Å². The first-order valence-corrected chi connectivity index (χ1v) is 12.0. The van der Waals surface area contributed by atoms with Crippen molar-refractivity contribution in [2.24, 2.45) is 10.3 Å². The van der Waals surface area contributed by atoms with Crippen LogP contribution in [0.3, 0.4) is 0 Å². The van der Waals surface area contributed by atoms with E-state index in [2.05, 4.69) is 4.40 Å². The Labute approximate surface area is 177 Å². The number of sulfonamides is 1. The lowest BCUT2D eigenvalue weighted by atomic mass is 9.89. The maximum atomic E-state index is 12.4. The quantitative estimate of drug-likeness (QED) is 0.689. The average Bonchev–Trinajstić information content (AvgIpc) is 3.47. The van der Waals surface area contributed by atoms with Crippen molar-refractivity contribution in [2.45, 2.75) is 46.0 Å². The molecule has 1 saturated carbocycles. The summed E-state index contributed by atoms with van der Waals surface area (Å²) in [6, 6.07) is 0. The zero-order valence-corrected chi connectivity index (χ0v) is 18.1. The van der Waals surface area contributed by atoms with Gasteiger partial charge in [0, 0.05) is 24.3 Å². The molecule has 0 unspecified atom stereocenters. The molecule has 1 aliphatic heterocycles. The Hall–Kier alpha value is -2.51. The van der Waals surface area contributed by atoms with Gasteiger partial charge in [0.15, 0.2) is 0 Å². The van der Waals surface area contributed by atoms with E-state index >= 15 is 0 Å². The Balaban J connectivity index is 1.76. The predicted molar refractivity (Wildman–Crippen MR) is 116 cm³/mol. The maximum Gasteiger partial charge on any atom is 0.253 e. The largest absolute Gasteiger partial charge is 0.299 e. The SMILES string of the molecule is CCC1=CC(=C2C=C(CC(=O)C3CC3)N(O)C3=C2C=CC3)C=CC1=NS(=O)(=O)CC. The first-order chi connectivity index (χ1) is 14.3. The number of nitrogens with zero attached hydrogens (tertiary/aromatic N) is 2. The summed E-state index contributed by atoms with van der Waals surface area (Å²) in [5.74, 6) is 0.264. The van der Waals surface area contributed by atoms with E-state index in [4.69, 9.17) is 0 Å². The van der Waals surface area contributed by atoms with Crippen LogP contribution >= 0.6 is 0 Å². The van der Waals surface area contributed by atoms with Gasteiger partial charge in [-0.1, -0.05) is 25.2 Å². The van der Waals surface area contributed by atoms with E-state index in [1.165, 1.54) is 0 Å². The summed E-state index contributed by atoms with van der Waals surface area (Å²) >= 11 is 0. The molecule has 0 aromatic rings. The fourth-order valence-electron chi connectivity index (χ4n) is 3.85. The lowest BCUT2D eigenvalue weighted by molar-refractivity contribution is -0.121. The van der Waals surface area contributed by atoms with E-state index in [1.54, 1.807) is 13.0 Å². The highest BCUT2D eigenvalue weighted by Crippen LogP contribution is 2.40. The Morgan fingerprint density at radius 3 is 2.60 bits per heavy atom. The minimum Gasteiger partial charge on any atom is -0.299 e. The number of carbonyl (C=O) groups excluding carboxylic acids is 1. The molecule has 4 aliphatic rings. The van der Waals surface area contributed by atoms with Crippen LogP contribution in [0.1, 0.15) is 46.0 Å². The first-order valence-electron chi connectivity index (χ1n) is 10.4. The van der Waals surface area contributed by atoms with Gasteiger partial charge in [-0.25, -0.2) is 13.5 Å². The summed E-state index contributed by atoms with van der Waals surface area (Å²) in [6.45, 7) is 3.54. The fraction of sp³-hybridized carbons (Fsp3) is 0.391. The van der Waals surface area contributed by atoms with Gasteiger partial charge in [0.2, 0.25) is 0 Å². The van der Waals surface area contributed by atoms with Gasteiger partial charge in [-0.05, 0) is 61.1 Å². The van der Waals surface area contributed by atoms with Crippen molar-refractivity contribution in [3.05, 3.63) is 70.1 Å². The fourth-order valence-corrected chi connectivity index (χ4v) is 4.46. The van der Waals surface area contributed by atoms with Crippen molar-refractivity contribution in [1.82, 2.24) is 5.06 Å². The van der Waals surface area contributed by atoms with Crippen molar-refractivity contribution in [1.29, 1.82) is 0 Å². The van der Waals surface area contributed by atoms with Gasteiger partial charge < -0.3 is 0 Å². The second kappa shape index (κ2) is 7.96. The predicted octanol–water partition coefficient (Wildman–Crippen LogP) is 4.15. The first kappa shape index (κ1) is 20.8. The third-order valence-electron chi connectivity index (χ3n) is 5.80. The lowest BCUT2D eigenvalue weighted by Crippen LogP contribution is -2.24. The normalized spacial score (nSPS) is 25.0. The highest BCUT2D eigenvalue weighted by Gasteiger charge is 2.33. The topological polar surface area (TPSA) is 87.0 Å².